The minimum atomic E-state index is -0.751. The van der Waals surface area contributed by atoms with E-state index in [0.29, 0.717) is 23.3 Å². The number of hydrogen-bond donors (Lipinski definition) is 2. The van der Waals surface area contributed by atoms with Crippen LogP contribution in [0.4, 0.5) is 5.69 Å². The summed E-state index contributed by atoms with van der Waals surface area (Å²) in [7, 11) is 0. The van der Waals surface area contributed by atoms with Crippen molar-refractivity contribution in [1.29, 1.82) is 0 Å². The predicted octanol–water partition coefficient (Wildman–Crippen LogP) is 3.84. The Hall–Kier alpha value is -3.44. The number of rotatable bonds is 6. The summed E-state index contributed by atoms with van der Waals surface area (Å²) in [5.41, 5.74) is 3.46. The molecule has 1 heterocycles. The summed E-state index contributed by atoms with van der Waals surface area (Å²) in [5.74, 6) is 0.559. The van der Waals surface area contributed by atoms with Gasteiger partial charge in [0, 0.05) is 17.8 Å². The van der Waals surface area contributed by atoms with E-state index in [2.05, 4.69) is 5.32 Å². The molecule has 5 nitrogen and oxygen atoms in total. The Morgan fingerprint density at radius 2 is 1.66 bits per heavy atom. The first-order valence-electron chi connectivity index (χ1n) is 9.65. The van der Waals surface area contributed by atoms with Gasteiger partial charge in [-0.05, 0) is 31.2 Å². The highest BCUT2D eigenvalue weighted by Crippen LogP contribution is 2.19. The Labute approximate surface area is 169 Å². The molecule has 1 atom stereocenters. The number of aliphatic hydroxyl groups excluding tert-OH is 1. The molecule has 1 unspecified atom stereocenters. The van der Waals surface area contributed by atoms with Gasteiger partial charge in [0.2, 0.25) is 0 Å². The number of fused-ring (bicyclic) bond motifs is 1. The van der Waals surface area contributed by atoms with E-state index in [-0.39, 0.29) is 12.1 Å². The van der Waals surface area contributed by atoms with Gasteiger partial charge < -0.3 is 10.4 Å². The van der Waals surface area contributed by atoms with Crippen molar-refractivity contribution in [2.45, 2.75) is 19.6 Å². The van der Waals surface area contributed by atoms with Gasteiger partial charge in [-0.15, -0.1) is 0 Å². The minimum Gasteiger partial charge on any atom is -0.389 e. The van der Waals surface area contributed by atoms with E-state index in [4.69, 9.17) is 4.98 Å². The van der Waals surface area contributed by atoms with Crippen molar-refractivity contribution in [1.82, 2.24) is 9.55 Å². The summed E-state index contributed by atoms with van der Waals surface area (Å²) >= 11 is 0. The van der Waals surface area contributed by atoms with E-state index < -0.39 is 6.10 Å². The number of para-hydroxylation sites is 1. The molecule has 0 saturated heterocycles. The fraction of sp³-hybridized carbons (Fsp3) is 0.167. The van der Waals surface area contributed by atoms with Gasteiger partial charge in [0.05, 0.1) is 23.6 Å². The van der Waals surface area contributed by atoms with E-state index in [1.54, 1.807) is 10.6 Å². The summed E-state index contributed by atoms with van der Waals surface area (Å²) in [6.07, 6.45) is -0.751. The first kappa shape index (κ1) is 18.9. The SMILES string of the molecule is Cc1ccc(NCC(O)Cn2c(-c3ccccc3)nc3ccccc3c2=O)cc1. The van der Waals surface area contributed by atoms with Crippen molar-refractivity contribution in [3.63, 3.8) is 0 Å². The lowest BCUT2D eigenvalue weighted by molar-refractivity contribution is 0.165. The van der Waals surface area contributed by atoms with E-state index in [1.165, 1.54) is 5.56 Å². The molecule has 2 N–H and O–H groups in total. The van der Waals surface area contributed by atoms with Crippen molar-refractivity contribution >= 4 is 16.6 Å². The van der Waals surface area contributed by atoms with Gasteiger partial charge >= 0.3 is 0 Å². The van der Waals surface area contributed by atoms with Crippen LogP contribution in [0.5, 0.6) is 0 Å². The highest BCUT2D eigenvalue weighted by atomic mass is 16.3. The van der Waals surface area contributed by atoms with Crippen LogP contribution in [0.25, 0.3) is 22.3 Å². The quantitative estimate of drug-likeness (QED) is 0.529. The molecule has 4 rings (SSSR count). The number of anilines is 1. The van der Waals surface area contributed by atoms with Crippen molar-refractivity contribution in [3.05, 3.63) is 94.8 Å². The highest BCUT2D eigenvalue weighted by Gasteiger charge is 2.15. The van der Waals surface area contributed by atoms with Gasteiger partial charge in [0.25, 0.3) is 5.56 Å². The van der Waals surface area contributed by atoms with Gasteiger partial charge in [-0.3, -0.25) is 9.36 Å². The standard InChI is InChI=1S/C24H23N3O2/c1-17-11-13-19(14-12-17)25-15-20(28)16-27-23(18-7-3-2-4-8-18)26-22-10-6-5-9-21(22)24(27)29/h2-14,20,25,28H,15-16H2,1H3. The first-order valence-corrected chi connectivity index (χ1v) is 9.65. The topological polar surface area (TPSA) is 67.2 Å². The molecule has 0 amide bonds. The van der Waals surface area contributed by atoms with Crippen LogP contribution < -0.4 is 10.9 Å². The second-order valence-corrected chi connectivity index (χ2v) is 7.14. The molecule has 0 aliphatic rings. The van der Waals surface area contributed by atoms with E-state index in [9.17, 15) is 9.90 Å². The summed E-state index contributed by atoms with van der Waals surface area (Å²) in [5, 5.41) is 14.4. The molecule has 5 heteroatoms. The molecule has 0 saturated carbocycles. The number of benzene rings is 3. The molecular formula is C24H23N3O2. The number of aromatic nitrogens is 2. The molecule has 1 aromatic heterocycles. The molecule has 0 fully saturated rings. The lowest BCUT2D eigenvalue weighted by atomic mass is 10.1. The molecule has 0 aliphatic heterocycles. The van der Waals surface area contributed by atoms with Crippen molar-refractivity contribution < 1.29 is 5.11 Å². The molecule has 146 valence electrons. The van der Waals surface area contributed by atoms with Crippen LogP contribution in [0.2, 0.25) is 0 Å². The van der Waals surface area contributed by atoms with Crippen LogP contribution in [0.3, 0.4) is 0 Å². The fourth-order valence-electron chi connectivity index (χ4n) is 3.33. The van der Waals surface area contributed by atoms with Crippen LogP contribution >= 0.6 is 0 Å². The average molecular weight is 385 g/mol. The van der Waals surface area contributed by atoms with Gasteiger partial charge in [-0.2, -0.15) is 0 Å². The number of aryl methyl sites for hydroxylation is 1. The third-order valence-corrected chi connectivity index (χ3v) is 4.88. The van der Waals surface area contributed by atoms with Gasteiger partial charge in [0.15, 0.2) is 0 Å². The Morgan fingerprint density at radius 3 is 2.41 bits per heavy atom. The molecule has 0 aliphatic carbocycles. The first-order chi connectivity index (χ1) is 14.1. The Kier molecular flexibility index (Phi) is 5.40. The van der Waals surface area contributed by atoms with E-state index in [1.807, 2.05) is 79.7 Å². The van der Waals surface area contributed by atoms with Crippen LogP contribution in [-0.2, 0) is 6.54 Å². The largest absolute Gasteiger partial charge is 0.389 e. The predicted molar refractivity (Wildman–Crippen MR) is 117 cm³/mol. The second-order valence-electron chi connectivity index (χ2n) is 7.14. The lowest BCUT2D eigenvalue weighted by Crippen LogP contribution is -2.32. The third-order valence-electron chi connectivity index (χ3n) is 4.88. The zero-order chi connectivity index (χ0) is 20.2. The van der Waals surface area contributed by atoms with Crippen LogP contribution in [0.15, 0.2) is 83.7 Å². The maximum Gasteiger partial charge on any atom is 0.261 e. The molecule has 29 heavy (non-hydrogen) atoms. The summed E-state index contributed by atoms with van der Waals surface area (Å²) in [6.45, 7) is 2.51. The normalized spacial score (nSPS) is 12.1. The number of nitrogens with zero attached hydrogens (tertiary/aromatic N) is 2. The molecular weight excluding hydrogens is 362 g/mol. The third kappa shape index (κ3) is 4.20. The molecule has 0 spiro atoms. The summed E-state index contributed by atoms with van der Waals surface area (Å²) < 4.78 is 1.57. The summed E-state index contributed by atoms with van der Waals surface area (Å²) in [4.78, 5) is 17.9. The zero-order valence-corrected chi connectivity index (χ0v) is 16.2. The van der Waals surface area contributed by atoms with Crippen molar-refractivity contribution in [3.8, 4) is 11.4 Å². The maximum atomic E-state index is 13.2. The number of aliphatic hydroxyl groups is 1. The fourth-order valence-corrected chi connectivity index (χ4v) is 3.33. The maximum absolute atomic E-state index is 13.2. The summed E-state index contributed by atoms with van der Waals surface area (Å²) in [6, 6.07) is 24.9. The van der Waals surface area contributed by atoms with E-state index >= 15 is 0 Å². The molecule has 4 aromatic rings. The van der Waals surface area contributed by atoms with Crippen LogP contribution in [-0.4, -0.2) is 27.3 Å². The second kappa shape index (κ2) is 8.29. The number of hydrogen-bond acceptors (Lipinski definition) is 4. The Bertz CT molecular complexity index is 1170. The van der Waals surface area contributed by atoms with Gasteiger partial charge in [-0.1, -0.05) is 60.2 Å². The lowest BCUT2D eigenvalue weighted by Gasteiger charge is -2.18. The minimum absolute atomic E-state index is 0.149. The zero-order valence-electron chi connectivity index (χ0n) is 16.2. The smallest absolute Gasteiger partial charge is 0.261 e. The molecule has 0 radical (unpaired) electrons. The van der Waals surface area contributed by atoms with E-state index in [0.717, 1.165) is 11.3 Å². The molecule has 3 aromatic carbocycles. The van der Waals surface area contributed by atoms with Crippen LogP contribution in [0, 0.1) is 6.92 Å². The van der Waals surface area contributed by atoms with Gasteiger partial charge in [-0.25, -0.2) is 4.98 Å². The molecule has 0 bridgehead atoms. The number of nitrogens with one attached hydrogen (secondary N) is 1. The van der Waals surface area contributed by atoms with Crippen molar-refractivity contribution in [2.75, 3.05) is 11.9 Å². The monoisotopic (exact) mass is 385 g/mol. The Morgan fingerprint density at radius 1 is 0.966 bits per heavy atom. The van der Waals surface area contributed by atoms with Gasteiger partial charge in [0.1, 0.15) is 5.82 Å². The highest BCUT2D eigenvalue weighted by molar-refractivity contribution is 5.79. The Balaban J connectivity index is 1.65. The van der Waals surface area contributed by atoms with Crippen molar-refractivity contribution in [2.24, 2.45) is 0 Å². The average Bonchev–Trinajstić information content (AvgIpc) is 2.76. The van der Waals surface area contributed by atoms with Crippen LogP contribution in [0.1, 0.15) is 5.56 Å².